The highest BCUT2D eigenvalue weighted by Gasteiger charge is 2.21. The lowest BCUT2D eigenvalue weighted by atomic mass is 9.82. The molecule has 1 rings (SSSR count). The van der Waals surface area contributed by atoms with Crippen LogP contribution in [0.4, 0.5) is 11.4 Å². The fourth-order valence-electron chi connectivity index (χ4n) is 1.63. The van der Waals surface area contributed by atoms with Gasteiger partial charge in [0.15, 0.2) is 0 Å². The van der Waals surface area contributed by atoms with Gasteiger partial charge in [0, 0.05) is 20.6 Å². The zero-order valence-electron chi connectivity index (χ0n) is 13.8. The van der Waals surface area contributed by atoms with E-state index in [2.05, 4.69) is 33.0 Å². The zero-order chi connectivity index (χ0) is 16.4. The standard InChI is InChI=1S/C15H27N3O2S/c1-11(15(2,3)4)10-17-14-9-12(7-8-13(14)16)21(19,20)18(5)6/h7-9,11,17H,10,16H2,1-6H3. The smallest absolute Gasteiger partial charge is 0.242 e. The van der Waals surface area contributed by atoms with Crippen molar-refractivity contribution in [1.29, 1.82) is 0 Å². The van der Waals surface area contributed by atoms with Gasteiger partial charge >= 0.3 is 0 Å². The van der Waals surface area contributed by atoms with Crippen molar-refractivity contribution < 1.29 is 8.42 Å². The largest absolute Gasteiger partial charge is 0.397 e. The van der Waals surface area contributed by atoms with Gasteiger partial charge in [-0.1, -0.05) is 27.7 Å². The van der Waals surface area contributed by atoms with E-state index in [0.29, 0.717) is 17.3 Å². The van der Waals surface area contributed by atoms with Gasteiger partial charge in [0.1, 0.15) is 0 Å². The molecule has 0 aliphatic heterocycles. The molecule has 0 spiro atoms. The summed E-state index contributed by atoms with van der Waals surface area (Å²) >= 11 is 0. The number of nitrogen functional groups attached to an aromatic ring is 1. The Balaban J connectivity index is 3.00. The van der Waals surface area contributed by atoms with E-state index in [1.165, 1.54) is 24.5 Å². The highest BCUT2D eigenvalue weighted by Crippen LogP contribution is 2.28. The van der Waals surface area contributed by atoms with Crippen molar-refractivity contribution >= 4 is 21.4 Å². The van der Waals surface area contributed by atoms with Gasteiger partial charge in [0.05, 0.1) is 16.3 Å². The lowest BCUT2D eigenvalue weighted by Gasteiger charge is -2.28. The first-order valence-electron chi connectivity index (χ1n) is 7.02. The summed E-state index contributed by atoms with van der Waals surface area (Å²) in [6, 6.07) is 4.75. The SMILES string of the molecule is CC(CNc1cc(S(=O)(=O)N(C)C)ccc1N)C(C)(C)C. The molecule has 0 saturated heterocycles. The Kier molecular flexibility index (Phi) is 5.28. The second-order valence-corrected chi connectivity index (χ2v) is 8.84. The van der Waals surface area contributed by atoms with Gasteiger partial charge in [-0.15, -0.1) is 0 Å². The highest BCUT2D eigenvalue weighted by molar-refractivity contribution is 7.89. The monoisotopic (exact) mass is 313 g/mol. The first kappa shape index (κ1) is 17.8. The van der Waals surface area contributed by atoms with E-state index in [0.717, 1.165) is 6.54 Å². The molecule has 0 radical (unpaired) electrons. The van der Waals surface area contributed by atoms with Crippen LogP contribution in [-0.4, -0.2) is 33.4 Å². The minimum Gasteiger partial charge on any atom is -0.397 e. The number of nitrogens with one attached hydrogen (secondary N) is 1. The average molecular weight is 313 g/mol. The minimum atomic E-state index is -3.45. The third kappa shape index (κ3) is 4.35. The molecule has 120 valence electrons. The number of nitrogens with two attached hydrogens (primary N) is 1. The van der Waals surface area contributed by atoms with Crippen molar-refractivity contribution in [3.8, 4) is 0 Å². The van der Waals surface area contributed by atoms with E-state index < -0.39 is 10.0 Å². The quantitative estimate of drug-likeness (QED) is 0.819. The van der Waals surface area contributed by atoms with Gasteiger partial charge in [-0.05, 0) is 29.5 Å². The summed E-state index contributed by atoms with van der Waals surface area (Å²) < 4.78 is 25.5. The minimum absolute atomic E-state index is 0.176. The molecular formula is C15H27N3O2S. The maximum Gasteiger partial charge on any atom is 0.242 e. The van der Waals surface area contributed by atoms with E-state index in [1.54, 1.807) is 12.1 Å². The third-order valence-corrected chi connectivity index (χ3v) is 5.69. The lowest BCUT2D eigenvalue weighted by Crippen LogP contribution is -2.25. The van der Waals surface area contributed by atoms with Crippen LogP contribution in [0.2, 0.25) is 0 Å². The predicted octanol–water partition coefficient (Wildman–Crippen LogP) is 2.61. The molecule has 0 aliphatic rings. The van der Waals surface area contributed by atoms with Gasteiger partial charge in [-0.3, -0.25) is 0 Å². The molecular weight excluding hydrogens is 286 g/mol. The molecule has 1 aromatic rings. The number of nitrogens with zero attached hydrogens (tertiary/aromatic N) is 1. The summed E-state index contributed by atoms with van der Waals surface area (Å²) in [5, 5.41) is 3.26. The van der Waals surface area contributed by atoms with Gasteiger partial charge in [0.2, 0.25) is 10.0 Å². The molecule has 0 heterocycles. The van der Waals surface area contributed by atoms with E-state index in [1.807, 2.05) is 0 Å². The molecule has 0 fully saturated rings. The van der Waals surface area contributed by atoms with Crippen molar-refractivity contribution in [1.82, 2.24) is 4.31 Å². The van der Waals surface area contributed by atoms with Crippen molar-refractivity contribution in [2.24, 2.45) is 11.3 Å². The van der Waals surface area contributed by atoms with Gasteiger partial charge in [-0.2, -0.15) is 0 Å². The number of rotatable bonds is 5. The summed E-state index contributed by atoms with van der Waals surface area (Å²) in [6.45, 7) is 9.42. The van der Waals surface area contributed by atoms with Crippen molar-refractivity contribution in [2.75, 3.05) is 31.7 Å². The van der Waals surface area contributed by atoms with Crippen molar-refractivity contribution in [3.63, 3.8) is 0 Å². The molecule has 0 amide bonds. The number of anilines is 2. The van der Waals surface area contributed by atoms with Crippen LogP contribution in [0.3, 0.4) is 0 Å². The van der Waals surface area contributed by atoms with Crippen LogP contribution in [0, 0.1) is 11.3 Å². The molecule has 1 atom stereocenters. The Morgan fingerprint density at radius 1 is 1.29 bits per heavy atom. The van der Waals surface area contributed by atoms with Crippen molar-refractivity contribution in [2.45, 2.75) is 32.6 Å². The van der Waals surface area contributed by atoms with Crippen LogP contribution in [0.15, 0.2) is 23.1 Å². The lowest BCUT2D eigenvalue weighted by molar-refractivity contribution is 0.274. The summed E-state index contributed by atoms with van der Waals surface area (Å²) in [5.41, 5.74) is 7.32. The van der Waals surface area contributed by atoms with E-state index >= 15 is 0 Å². The van der Waals surface area contributed by atoms with Crippen LogP contribution < -0.4 is 11.1 Å². The first-order valence-corrected chi connectivity index (χ1v) is 8.46. The summed E-state index contributed by atoms with van der Waals surface area (Å²) in [5.74, 6) is 0.422. The molecule has 21 heavy (non-hydrogen) atoms. The second kappa shape index (κ2) is 6.23. The Morgan fingerprint density at radius 3 is 2.33 bits per heavy atom. The third-order valence-electron chi connectivity index (χ3n) is 3.88. The van der Waals surface area contributed by atoms with E-state index in [-0.39, 0.29) is 10.3 Å². The molecule has 3 N–H and O–H groups in total. The molecule has 0 saturated carbocycles. The number of hydrogen-bond acceptors (Lipinski definition) is 4. The molecule has 5 nitrogen and oxygen atoms in total. The van der Waals surface area contributed by atoms with Crippen LogP contribution in [0.1, 0.15) is 27.7 Å². The number of hydrogen-bond donors (Lipinski definition) is 2. The molecule has 0 aromatic heterocycles. The fourth-order valence-corrected chi connectivity index (χ4v) is 2.56. The topological polar surface area (TPSA) is 75.4 Å². The Labute approximate surface area is 128 Å². The van der Waals surface area contributed by atoms with E-state index in [9.17, 15) is 8.42 Å². The summed E-state index contributed by atoms with van der Waals surface area (Å²) in [6.07, 6.45) is 0. The van der Waals surface area contributed by atoms with Crippen LogP contribution in [-0.2, 0) is 10.0 Å². The maximum atomic E-state index is 12.2. The molecule has 1 aromatic carbocycles. The zero-order valence-corrected chi connectivity index (χ0v) is 14.6. The van der Waals surface area contributed by atoms with Crippen LogP contribution >= 0.6 is 0 Å². The Hall–Kier alpha value is -1.27. The maximum absolute atomic E-state index is 12.2. The average Bonchev–Trinajstić information content (AvgIpc) is 2.35. The second-order valence-electron chi connectivity index (χ2n) is 6.68. The van der Waals surface area contributed by atoms with Crippen LogP contribution in [0.5, 0.6) is 0 Å². The van der Waals surface area contributed by atoms with E-state index in [4.69, 9.17) is 5.73 Å². The molecule has 0 bridgehead atoms. The highest BCUT2D eigenvalue weighted by atomic mass is 32.2. The summed E-state index contributed by atoms with van der Waals surface area (Å²) in [4.78, 5) is 0.243. The molecule has 0 aliphatic carbocycles. The predicted molar refractivity (Wildman–Crippen MR) is 88.8 cm³/mol. The van der Waals surface area contributed by atoms with Gasteiger partial charge < -0.3 is 11.1 Å². The molecule has 1 unspecified atom stereocenters. The Bertz CT molecular complexity index is 589. The van der Waals surface area contributed by atoms with Crippen LogP contribution in [0.25, 0.3) is 0 Å². The summed E-state index contributed by atoms with van der Waals surface area (Å²) in [7, 11) is -0.417. The normalized spacial score (nSPS) is 14.2. The van der Waals surface area contributed by atoms with Gasteiger partial charge in [-0.25, -0.2) is 12.7 Å². The number of sulfonamides is 1. The van der Waals surface area contributed by atoms with Gasteiger partial charge in [0.25, 0.3) is 0 Å². The first-order chi connectivity index (χ1) is 9.46. The Morgan fingerprint density at radius 2 is 1.86 bits per heavy atom. The molecule has 6 heteroatoms. The number of benzene rings is 1. The van der Waals surface area contributed by atoms with Crippen molar-refractivity contribution in [3.05, 3.63) is 18.2 Å². The fraction of sp³-hybridized carbons (Fsp3) is 0.600.